The Balaban J connectivity index is 0.00000110. The van der Waals surface area contributed by atoms with Crippen molar-refractivity contribution in [3.05, 3.63) is 66.1 Å². The second-order valence-corrected chi connectivity index (χ2v) is 11.5. The average Bonchev–Trinajstić information content (AvgIpc) is 3.85. The van der Waals surface area contributed by atoms with E-state index in [2.05, 4.69) is 21.4 Å². The number of fused-ring (bicyclic) bond motifs is 2. The van der Waals surface area contributed by atoms with E-state index in [4.69, 9.17) is 26.6 Å². The summed E-state index contributed by atoms with van der Waals surface area (Å²) in [6.07, 6.45) is 6.51. The summed E-state index contributed by atoms with van der Waals surface area (Å²) in [5, 5.41) is 9.98. The van der Waals surface area contributed by atoms with Crippen LogP contribution >= 0.6 is 11.6 Å². The van der Waals surface area contributed by atoms with Crippen molar-refractivity contribution in [2.45, 2.75) is 38.3 Å². The number of benzene rings is 2. The number of ether oxygens (including phenoxy) is 1. The van der Waals surface area contributed by atoms with Crippen molar-refractivity contribution in [1.82, 2.24) is 24.8 Å². The number of carbonyl (C=O) groups is 1. The van der Waals surface area contributed by atoms with Crippen LogP contribution in [0.2, 0.25) is 5.02 Å². The minimum atomic E-state index is -0.549. The van der Waals surface area contributed by atoms with Crippen LogP contribution in [0.1, 0.15) is 26.2 Å². The minimum Gasteiger partial charge on any atom is -0.462 e. The molecule has 11 heteroatoms. The Bertz CT molecular complexity index is 1760. The highest BCUT2D eigenvalue weighted by Crippen LogP contribution is 2.38. The lowest BCUT2D eigenvalue weighted by Crippen LogP contribution is -2.52. The van der Waals surface area contributed by atoms with E-state index in [1.54, 1.807) is 23.2 Å². The van der Waals surface area contributed by atoms with Crippen LogP contribution in [0.3, 0.4) is 0 Å². The predicted molar refractivity (Wildman–Crippen MR) is 169 cm³/mol. The van der Waals surface area contributed by atoms with Gasteiger partial charge in [0.05, 0.1) is 11.5 Å². The summed E-state index contributed by atoms with van der Waals surface area (Å²) in [4.78, 5) is 32.3. The molecule has 1 unspecified atom stereocenters. The summed E-state index contributed by atoms with van der Waals surface area (Å²) in [5.74, 6) is -0.0996. The molecule has 0 N–H and O–H groups in total. The highest BCUT2D eigenvalue weighted by Gasteiger charge is 2.39. The fourth-order valence-corrected chi connectivity index (χ4v) is 6.26. The third-order valence-electron chi connectivity index (χ3n) is 8.43. The molecule has 3 aliphatic rings. The van der Waals surface area contributed by atoms with Crippen LogP contribution in [0.15, 0.2) is 55.3 Å². The molecule has 0 spiro atoms. The number of hydrogen-bond donors (Lipinski definition) is 0. The lowest BCUT2D eigenvalue weighted by molar-refractivity contribution is -0.126. The minimum absolute atomic E-state index is 0.104. The first-order chi connectivity index (χ1) is 21.4. The number of piperazine rings is 1. The van der Waals surface area contributed by atoms with Crippen LogP contribution in [0, 0.1) is 17.1 Å². The van der Waals surface area contributed by atoms with Gasteiger partial charge in [-0.1, -0.05) is 48.5 Å². The van der Waals surface area contributed by atoms with Gasteiger partial charge in [-0.25, -0.2) is 4.39 Å². The van der Waals surface area contributed by atoms with Crippen molar-refractivity contribution in [3.63, 3.8) is 0 Å². The van der Waals surface area contributed by atoms with Crippen LogP contribution in [0.25, 0.3) is 32.9 Å². The Morgan fingerprint density at radius 3 is 2.52 bits per heavy atom. The molecule has 7 rings (SSSR count). The van der Waals surface area contributed by atoms with Crippen LogP contribution in [0.4, 0.5) is 10.2 Å². The molecular weight excluding hydrogens is 581 g/mol. The molecule has 4 heterocycles. The number of hydrogen-bond acceptors (Lipinski definition) is 8. The highest BCUT2D eigenvalue weighted by atomic mass is 35.5. The van der Waals surface area contributed by atoms with Gasteiger partial charge in [0, 0.05) is 73.9 Å². The van der Waals surface area contributed by atoms with Gasteiger partial charge in [0.15, 0.2) is 5.82 Å². The third-order valence-corrected chi connectivity index (χ3v) is 8.74. The van der Waals surface area contributed by atoms with Crippen LogP contribution in [-0.4, -0.2) is 82.1 Å². The quantitative estimate of drug-likeness (QED) is 0.248. The van der Waals surface area contributed by atoms with Gasteiger partial charge in [0.1, 0.15) is 23.6 Å². The second-order valence-electron chi connectivity index (χ2n) is 11.1. The molecule has 0 radical (unpaired) electrons. The third kappa shape index (κ3) is 5.77. The van der Waals surface area contributed by atoms with E-state index in [9.17, 15) is 4.79 Å². The van der Waals surface area contributed by atoms with Crippen molar-refractivity contribution >= 4 is 45.0 Å². The summed E-state index contributed by atoms with van der Waals surface area (Å²) in [6, 6.07) is 14.1. The Labute approximate surface area is 260 Å². The number of aromatic nitrogens is 3. The maximum atomic E-state index is 16.5. The number of halogens is 2. The Morgan fingerprint density at radius 2 is 1.86 bits per heavy atom. The first kappa shape index (κ1) is 29.7. The van der Waals surface area contributed by atoms with Crippen LogP contribution < -0.4 is 9.64 Å². The van der Waals surface area contributed by atoms with Crippen molar-refractivity contribution < 1.29 is 13.9 Å². The van der Waals surface area contributed by atoms with Crippen LogP contribution in [0.5, 0.6) is 6.01 Å². The van der Waals surface area contributed by atoms with Gasteiger partial charge in [0.2, 0.25) is 5.91 Å². The number of anilines is 1. The Kier molecular flexibility index (Phi) is 8.60. The fraction of sp³-hybridized carbons (Fsp3) is 0.364. The number of likely N-dealkylation sites (tertiary alicyclic amines) is 1. The van der Waals surface area contributed by atoms with Gasteiger partial charge in [-0.3, -0.25) is 14.7 Å². The van der Waals surface area contributed by atoms with Crippen molar-refractivity contribution in [2.24, 2.45) is 0 Å². The fourth-order valence-electron chi connectivity index (χ4n) is 5.97. The maximum absolute atomic E-state index is 16.5. The molecular formula is C33H33ClFN7O2. The zero-order chi connectivity index (χ0) is 30.8. The zero-order valence-corrected chi connectivity index (χ0v) is 25.3. The maximum Gasteiger partial charge on any atom is 0.319 e. The largest absolute Gasteiger partial charge is 0.462 e. The highest BCUT2D eigenvalue weighted by molar-refractivity contribution is 6.36. The number of carbonyl (C=O) groups excluding carboxylic acids is 1. The Hall–Kier alpha value is -4.33. The molecule has 1 atom stereocenters. The molecule has 2 aliphatic heterocycles. The smallest absolute Gasteiger partial charge is 0.319 e. The van der Waals surface area contributed by atoms with Gasteiger partial charge in [0.25, 0.3) is 0 Å². The lowest BCUT2D eigenvalue weighted by atomic mass is 10.0. The van der Waals surface area contributed by atoms with Crippen molar-refractivity contribution in [3.8, 4) is 23.3 Å². The number of nitrogens with zero attached hydrogens (tertiary/aromatic N) is 7. The first-order valence-electron chi connectivity index (χ1n) is 14.8. The molecule has 3 fully saturated rings. The van der Waals surface area contributed by atoms with E-state index < -0.39 is 5.82 Å². The molecule has 2 saturated heterocycles. The molecule has 44 heavy (non-hydrogen) atoms. The summed E-state index contributed by atoms with van der Waals surface area (Å²) in [6.45, 7) is 8.66. The molecule has 1 saturated carbocycles. The zero-order valence-electron chi connectivity index (χ0n) is 24.5. The van der Waals surface area contributed by atoms with E-state index in [1.807, 2.05) is 35.2 Å². The van der Waals surface area contributed by atoms with E-state index in [0.717, 1.165) is 23.7 Å². The van der Waals surface area contributed by atoms with Gasteiger partial charge in [-0.15, -0.1) is 0 Å². The monoisotopic (exact) mass is 613 g/mol. The number of pyridine rings is 1. The van der Waals surface area contributed by atoms with Gasteiger partial charge >= 0.3 is 6.01 Å². The number of nitriles is 1. The van der Waals surface area contributed by atoms with E-state index in [-0.39, 0.29) is 23.1 Å². The van der Waals surface area contributed by atoms with Crippen molar-refractivity contribution in [1.29, 1.82) is 5.26 Å². The molecule has 226 valence electrons. The Morgan fingerprint density at radius 1 is 1.14 bits per heavy atom. The summed E-state index contributed by atoms with van der Waals surface area (Å²) < 4.78 is 22.6. The molecule has 9 nitrogen and oxygen atoms in total. The molecule has 0 bridgehead atoms. The number of amides is 1. The van der Waals surface area contributed by atoms with E-state index in [0.29, 0.717) is 66.7 Å². The molecule has 1 aliphatic carbocycles. The summed E-state index contributed by atoms with van der Waals surface area (Å²) >= 11 is 6.57. The van der Waals surface area contributed by atoms with Gasteiger partial charge < -0.3 is 14.5 Å². The molecule has 4 aromatic rings. The lowest BCUT2D eigenvalue weighted by Gasteiger charge is -2.40. The average molecular weight is 614 g/mol. The number of rotatable bonds is 7. The van der Waals surface area contributed by atoms with Gasteiger partial charge in [-0.05, 0) is 36.8 Å². The van der Waals surface area contributed by atoms with E-state index >= 15 is 4.39 Å². The molecule has 2 aromatic heterocycles. The standard InChI is InChI=1S/C31H30ClFN6O2.C2H3N/c1-2-25(40)37-13-15-38(16-14-37)30-23-17-34-28(22-7-3-5-19-6-4-8-24(32)26(19)22)27(33)29(23)35-31(36-30)41-18-21-11-12-39(21)20-9-10-20;1-2-3/h2-8,17,20-21H,1,9-16,18H2;1H3. The van der Waals surface area contributed by atoms with E-state index in [1.165, 1.54) is 25.8 Å². The second kappa shape index (κ2) is 12.7. The molecule has 1 amide bonds. The summed E-state index contributed by atoms with van der Waals surface area (Å²) in [5.41, 5.74) is 0.921. The summed E-state index contributed by atoms with van der Waals surface area (Å²) in [7, 11) is 0. The SMILES string of the molecule is C=CC(=O)N1CCN(c2nc(OCC3CCN3C3CC3)nc3c(F)c(-c4cccc5cccc(Cl)c45)ncc23)CC1.CC#N. The topological polar surface area (TPSA) is 98.5 Å². The first-order valence-corrected chi connectivity index (χ1v) is 15.2. The van der Waals surface area contributed by atoms with Crippen LogP contribution in [-0.2, 0) is 4.79 Å². The van der Waals surface area contributed by atoms with Gasteiger partial charge in [-0.2, -0.15) is 15.2 Å². The molecule has 2 aromatic carbocycles. The van der Waals surface area contributed by atoms with Crippen molar-refractivity contribution in [2.75, 3.05) is 44.2 Å². The normalized spacial score (nSPS) is 18.3. The predicted octanol–water partition coefficient (Wildman–Crippen LogP) is 5.62.